The van der Waals surface area contributed by atoms with E-state index in [-0.39, 0.29) is 22.1 Å². The van der Waals surface area contributed by atoms with Crippen molar-refractivity contribution in [3.63, 3.8) is 0 Å². The minimum Gasteiger partial charge on any atom is -0.504 e. The Morgan fingerprint density at radius 2 is 1.28 bits per heavy atom. The highest BCUT2D eigenvalue weighted by Crippen LogP contribution is 2.30. The summed E-state index contributed by atoms with van der Waals surface area (Å²) in [6.07, 6.45) is 1.27. The summed E-state index contributed by atoms with van der Waals surface area (Å²) in [4.78, 5) is 21.0. The van der Waals surface area contributed by atoms with E-state index in [1.54, 1.807) is 24.3 Å². The molecule has 3 rings (SSSR count). The summed E-state index contributed by atoms with van der Waals surface area (Å²) in [5.41, 5.74) is 1.67. The van der Waals surface area contributed by atoms with E-state index in [0.717, 1.165) is 5.56 Å². The summed E-state index contributed by atoms with van der Waals surface area (Å²) >= 11 is 0. The van der Waals surface area contributed by atoms with Crippen LogP contribution >= 0.6 is 0 Å². The topological polar surface area (TPSA) is 116 Å². The van der Waals surface area contributed by atoms with Crippen molar-refractivity contribution in [2.75, 3.05) is 14.2 Å². The zero-order valence-corrected chi connectivity index (χ0v) is 18.5. The first kappa shape index (κ1) is 24.4. The van der Waals surface area contributed by atoms with Crippen molar-refractivity contribution in [3.05, 3.63) is 77.4 Å². The number of ether oxygens (including phenoxy) is 2. The van der Waals surface area contributed by atoms with Gasteiger partial charge < -0.3 is 18.8 Å². The Hall–Kier alpha value is -3.85. The Morgan fingerprint density at radius 3 is 1.78 bits per heavy atom. The number of benzene rings is 3. The van der Waals surface area contributed by atoms with E-state index >= 15 is 0 Å². The standard InChI is InChI=1S/C15H14O5S.C8H8O3/c1-11-3-6-13(7-4-11)21(17,18)20-15-9-12(10-16)5-8-14(15)19-2;1-11-8-3-2-6(5-9)4-7(8)10/h3-10H,1-2H3;2-5,10H,1H3. The second-order valence-electron chi connectivity index (χ2n) is 6.43. The molecule has 0 fully saturated rings. The number of rotatable bonds is 7. The van der Waals surface area contributed by atoms with E-state index in [9.17, 15) is 18.0 Å². The number of aryl methyl sites for hydroxylation is 1. The minimum absolute atomic E-state index is 0.0166. The van der Waals surface area contributed by atoms with Crippen LogP contribution in [0.5, 0.6) is 23.0 Å². The van der Waals surface area contributed by atoms with Crippen molar-refractivity contribution < 1.29 is 36.8 Å². The molecule has 9 heteroatoms. The van der Waals surface area contributed by atoms with E-state index in [0.29, 0.717) is 29.4 Å². The van der Waals surface area contributed by atoms with Gasteiger partial charge in [-0.15, -0.1) is 0 Å². The van der Waals surface area contributed by atoms with E-state index < -0.39 is 10.1 Å². The summed E-state index contributed by atoms with van der Waals surface area (Å²) in [6.45, 7) is 1.86. The lowest BCUT2D eigenvalue weighted by atomic mass is 10.2. The van der Waals surface area contributed by atoms with Gasteiger partial charge in [0.25, 0.3) is 0 Å². The molecule has 32 heavy (non-hydrogen) atoms. The van der Waals surface area contributed by atoms with Crippen LogP contribution in [0, 0.1) is 6.92 Å². The molecule has 0 saturated heterocycles. The van der Waals surface area contributed by atoms with Crippen LogP contribution in [-0.4, -0.2) is 40.3 Å². The quantitative estimate of drug-likeness (QED) is 0.420. The number of phenolic OH excluding ortho intramolecular Hbond substituents is 1. The molecule has 3 aromatic carbocycles. The van der Waals surface area contributed by atoms with Gasteiger partial charge in [0, 0.05) is 11.1 Å². The van der Waals surface area contributed by atoms with Crippen molar-refractivity contribution in [1.29, 1.82) is 0 Å². The number of hydrogen-bond acceptors (Lipinski definition) is 8. The number of carbonyl (C=O) groups is 2. The summed E-state index contributed by atoms with van der Waals surface area (Å²) in [5.74, 6) is 0.562. The molecule has 8 nitrogen and oxygen atoms in total. The van der Waals surface area contributed by atoms with Gasteiger partial charge in [0.05, 0.1) is 14.2 Å². The van der Waals surface area contributed by atoms with Crippen molar-refractivity contribution in [3.8, 4) is 23.0 Å². The molecule has 1 N–H and O–H groups in total. The van der Waals surface area contributed by atoms with Gasteiger partial charge >= 0.3 is 10.1 Å². The van der Waals surface area contributed by atoms with Gasteiger partial charge in [-0.2, -0.15) is 8.42 Å². The first-order valence-corrected chi connectivity index (χ1v) is 10.6. The van der Waals surface area contributed by atoms with Crippen LogP contribution in [0.1, 0.15) is 26.3 Å². The molecule has 0 unspecified atom stereocenters. The highest BCUT2D eigenvalue weighted by Gasteiger charge is 2.19. The summed E-state index contributed by atoms with van der Waals surface area (Å²) < 4.78 is 39.3. The molecular formula is C23H22O8S. The average molecular weight is 458 g/mol. The molecule has 0 aromatic heterocycles. The van der Waals surface area contributed by atoms with Crippen LogP contribution in [0.3, 0.4) is 0 Å². The first-order valence-electron chi connectivity index (χ1n) is 9.20. The maximum absolute atomic E-state index is 12.2. The average Bonchev–Trinajstić information content (AvgIpc) is 2.79. The van der Waals surface area contributed by atoms with Crippen LogP contribution in [-0.2, 0) is 10.1 Å². The number of methoxy groups -OCH3 is 2. The number of hydrogen-bond donors (Lipinski definition) is 1. The second-order valence-corrected chi connectivity index (χ2v) is 7.97. The third-order valence-corrected chi connectivity index (χ3v) is 5.42. The summed E-state index contributed by atoms with van der Waals surface area (Å²) in [6, 6.07) is 15.0. The van der Waals surface area contributed by atoms with E-state index in [1.807, 2.05) is 6.92 Å². The fourth-order valence-electron chi connectivity index (χ4n) is 2.48. The van der Waals surface area contributed by atoms with Crippen LogP contribution in [0.25, 0.3) is 0 Å². The Labute approximate surface area is 186 Å². The Balaban J connectivity index is 0.000000278. The third-order valence-electron chi connectivity index (χ3n) is 4.17. The zero-order chi connectivity index (χ0) is 23.7. The molecule has 0 aliphatic heterocycles. The van der Waals surface area contributed by atoms with Crippen molar-refractivity contribution in [2.24, 2.45) is 0 Å². The van der Waals surface area contributed by atoms with E-state index in [2.05, 4.69) is 0 Å². The second kappa shape index (κ2) is 11.0. The predicted molar refractivity (Wildman–Crippen MR) is 117 cm³/mol. The largest absolute Gasteiger partial charge is 0.504 e. The fraction of sp³-hybridized carbons (Fsp3) is 0.130. The fourth-order valence-corrected chi connectivity index (χ4v) is 3.42. The number of aromatic hydroxyl groups is 1. The van der Waals surface area contributed by atoms with Gasteiger partial charge in [0.2, 0.25) is 0 Å². The molecule has 0 amide bonds. The lowest BCUT2D eigenvalue weighted by molar-refractivity contribution is 0.111. The summed E-state index contributed by atoms with van der Waals surface area (Å²) in [7, 11) is -1.14. The number of aldehydes is 2. The van der Waals surface area contributed by atoms with Crippen LogP contribution in [0.4, 0.5) is 0 Å². The lowest BCUT2D eigenvalue weighted by Crippen LogP contribution is -2.10. The van der Waals surface area contributed by atoms with Crippen LogP contribution in [0.2, 0.25) is 0 Å². The molecule has 0 bridgehead atoms. The van der Waals surface area contributed by atoms with Gasteiger partial charge in [0.15, 0.2) is 23.0 Å². The maximum atomic E-state index is 12.2. The highest BCUT2D eigenvalue weighted by molar-refractivity contribution is 7.87. The van der Waals surface area contributed by atoms with Crippen LogP contribution < -0.4 is 13.7 Å². The lowest BCUT2D eigenvalue weighted by Gasteiger charge is -2.11. The number of carbonyl (C=O) groups excluding carboxylic acids is 2. The molecule has 168 valence electrons. The Kier molecular flexibility index (Phi) is 8.37. The normalized spacial score (nSPS) is 10.3. The molecule has 0 saturated carbocycles. The van der Waals surface area contributed by atoms with Crippen molar-refractivity contribution in [2.45, 2.75) is 11.8 Å². The van der Waals surface area contributed by atoms with Gasteiger partial charge in [-0.05, 0) is 55.5 Å². The zero-order valence-electron chi connectivity index (χ0n) is 17.6. The molecule has 0 heterocycles. The van der Waals surface area contributed by atoms with Gasteiger partial charge in [-0.1, -0.05) is 17.7 Å². The van der Waals surface area contributed by atoms with Gasteiger partial charge in [0.1, 0.15) is 17.5 Å². The molecule has 0 aliphatic rings. The van der Waals surface area contributed by atoms with Crippen molar-refractivity contribution >= 4 is 22.7 Å². The van der Waals surface area contributed by atoms with Gasteiger partial charge in [-0.3, -0.25) is 9.59 Å². The SMILES string of the molecule is COc1ccc(C=O)cc1O.COc1ccc(C=O)cc1OS(=O)(=O)c1ccc(C)cc1. The summed E-state index contributed by atoms with van der Waals surface area (Å²) in [5, 5.41) is 9.14. The van der Waals surface area contributed by atoms with Gasteiger partial charge in [-0.25, -0.2) is 0 Å². The van der Waals surface area contributed by atoms with Crippen molar-refractivity contribution in [1.82, 2.24) is 0 Å². The maximum Gasteiger partial charge on any atom is 0.339 e. The molecule has 0 spiro atoms. The van der Waals surface area contributed by atoms with E-state index in [4.69, 9.17) is 18.8 Å². The minimum atomic E-state index is -3.98. The highest BCUT2D eigenvalue weighted by atomic mass is 32.2. The number of phenols is 1. The first-order chi connectivity index (χ1) is 15.2. The van der Waals surface area contributed by atoms with E-state index in [1.165, 1.54) is 50.6 Å². The Bertz CT molecular complexity index is 1190. The molecule has 0 radical (unpaired) electrons. The van der Waals surface area contributed by atoms with Crippen LogP contribution in [0.15, 0.2) is 65.6 Å². The smallest absolute Gasteiger partial charge is 0.339 e. The monoisotopic (exact) mass is 458 g/mol. The molecule has 0 aliphatic carbocycles. The Morgan fingerprint density at radius 1 is 0.750 bits per heavy atom. The third kappa shape index (κ3) is 6.32. The molecule has 3 aromatic rings. The predicted octanol–water partition coefficient (Wildman–Crippen LogP) is 3.80. The molecular weight excluding hydrogens is 436 g/mol. The molecule has 0 atom stereocenters.